The quantitative estimate of drug-likeness (QED) is 0.387. The van der Waals surface area contributed by atoms with Gasteiger partial charge in [0.15, 0.2) is 5.65 Å². The lowest BCUT2D eigenvalue weighted by molar-refractivity contribution is 0.490. The summed E-state index contributed by atoms with van der Waals surface area (Å²) in [6, 6.07) is 15.8. The van der Waals surface area contributed by atoms with E-state index in [-0.39, 0.29) is 6.04 Å². The minimum Gasteiger partial charge on any atom is -0.348 e. The van der Waals surface area contributed by atoms with E-state index >= 15 is 0 Å². The molecule has 1 unspecified atom stereocenters. The Kier molecular flexibility index (Phi) is 6.00. The summed E-state index contributed by atoms with van der Waals surface area (Å²) < 4.78 is 2.14. The lowest BCUT2D eigenvalue weighted by Crippen LogP contribution is -2.16. The second-order valence-corrected chi connectivity index (χ2v) is 9.00. The first kappa shape index (κ1) is 21.2. The number of nitrogens with zero attached hydrogens (tertiary/aromatic N) is 4. The van der Waals surface area contributed by atoms with E-state index < -0.39 is 0 Å². The van der Waals surface area contributed by atoms with Crippen molar-refractivity contribution in [3.05, 3.63) is 70.3 Å². The Balaban J connectivity index is 1.58. The fourth-order valence-electron chi connectivity index (χ4n) is 4.21. The number of halogens is 2. The van der Waals surface area contributed by atoms with Crippen molar-refractivity contribution in [3.8, 4) is 11.4 Å². The highest BCUT2D eigenvalue weighted by molar-refractivity contribution is 6.39. The molecular formula is C24H24Cl2N6. The fourth-order valence-corrected chi connectivity index (χ4v) is 4.78. The Bertz CT molecular complexity index is 1210. The third-order valence-corrected chi connectivity index (χ3v) is 6.55. The molecule has 0 saturated carbocycles. The van der Waals surface area contributed by atoms with Crippen LogP contribution in [0.2, 0.25) is 10.0 Å². The molecule has 1 aliphatic heterocycles. The molecule has 2 atom stereocenters. The summed E-state index contributed by atoms with van der Waals surface area (Å²) >= 11 is 13.1. The van der Waals surface area contributed by atoms with Crippen molar-refractivity contribution in [3.63, 3.8) is 0 Å². The SMILES string of the molecule is C[C@@H](Nc1ncc2nc(-c3c(Cl)cccc3Cl)n(CC3CCNC3)c2n1)c1ccccc1. The van der Waals surface area contributed by atoms with Crippen molar-refractivity contribution in [2.75, 3.05) is 18.4 Å². The number of aromatic nitrogens is 4. The van der Waals surface area contributed by atoms with Crippen molar-refractivity contribution in [1.29, 1.82) is 0 Å². The zero-order valence-corrected chi connectivity index (χ0v) is 19.2. The van der Waals surface area contributed by atoms with Crippen LogP contribution in [-0.2, 0) is 6.54 Å². The van der Waals surface area contributed by atoms with Gasteiger partial charge in [-0.3, -0.25) is 0 Å². The molecule has 164 valence electrons. The fraction of sp³-hybridized carbons (Fsp3) is 0.292. The molecule has 2 N–H and O–H groups in total. The number of hydrogen-bond acceptors (Lipinski definition) is 5. The first-order valence-electron chi connectivity index (χ1n) is 10.8. The smallest absolute Gasteiger partial charge is 0.225 e. The zero-order chi connectivity index (χ0) is 22.1. The summed E-state index contributed by atoms with van der Waals surface area (Å²) in [6.07, 6.45) is 2.87. The molecule has 1 fully saturated rings. The van der Waals surface area contributed by atoms with E-state index in [4.69, 9.17) is 33.2 Å². The van der Waals surface area contributed by atoms with Crippen LogP contribution in [0.5, 0.6) is 0 Å². The molecular weight excluding hydrogens is 443 g/mol. The van der Waals surface area contributed by atoms with Crippen LogP contribution in [-0.4, -0.2) is 32.6 Å². The summed E-state index contributed by atoms with van der Waals surface area (Å²) in [5.41, 5.74) is 3.40. The van der Waals surface area contributed by atoms with Gasteiger partial charge in [-0.05, 0) is 50.0 Å². The molecule has 8 heteroatoms. The second-order valence-electron chi connectivity index (χ2n) is 8.18. The van der Waals surface area contributed by atoms with E-state index in [1.54, 1.807) is 6.20 Å². The van der Waals surface area contributed by atoms with Crippen molar-refractivity contribution < 1.29 is 0 Å². The third-order valence-electron chi connectivity index (χ3n) is 5.92. The molecule has 4 aromatic rings. The number of fused-ring (bicyclic) bond motifs is 1. The van der Waals surface area contributed by atoms with Crippen LogP contribution >= 0.6 is 23.2 Å². The molecule has 3 heterocycles. The minimum atomic E-state index is 0.0709. The van der Waals surface area contributed by atoms with Crippen LogP contribution < -0.4 is 10.6 Å². The summed E-state index contributed by atoms with van der Waals surface area (Å²) in [6.45, 7) is 4.87. The molecule has 0 spiro atoms. The summed E-state index contributed by atoms with van der Waals surface area (Å²) in [4.78, 5) is 14.2. The van der Waals surface area contributed by atoms with Crippen molar-refractivity contribution in [1.82, 2.24) is 24.8 Å². The number of rotatable bonds is 6. The van der Waals surface area contributed by atoms with Gasteiger partial charge >= 0.3 is 0 Å². The van der Waals surface area contributed by atoms with Gasteiger partial charge in [0.1, 0.15) is 11.3 Å². The van der Waals surface area contributed by atoms with Crippen LogP contribution in [0.1, 0.15) is 24.9 Å². The average molecular weight is 467 g/mol. The second kappa shape index (κ2) is 9.06. The van der Waals surface area contributed by atoms with Crippen molar-refractivity contribution in [2.45, 2.75) is 25.9 Å². The molecule has 1 aliphatic rings. The van der Waals surface area contributed by atoms with E-state index in [1.807, 2.05) is 36.4 Å². The lowest BCUT2D eigenvalue weighted by Gasteiger charge is -2.16. The van der Waals surface area contributed by atoms with Gasteiger partial charge in [-0.25, -0.2) is 9.97 Å². The molecule has 0 radical (unpaired) electrons. The summed E-state index contributed by atoms with van der Waals surface area (Å²) in [5.74, 6) is 1.78. The monoisotopic (exact) mass is 466 g/mol. The van der Waals surface area contributed by atoms with Gasteiger partial charge in [0.05, 0.1) is 27.8 Å². The molecule has 6 nitrogen and oxygen atoms in total. The van der Waals surface area contributed by atoms with Crippen LogP contribution in [0, 0.1) is 5.92 Å². The number of anilines is 1. The summed E-state index contributed by atoms with van der Waals surface area (Å²) in [5, 5.41) is 8.00. The van der Waals surface area contributed by atoms with Gasteiger partial charge in [0.25, 0.3) is 0 Å². The number of hydrogen-bond donors (Lipinski definition) is 2. The van der Waals surface area contributed by atoms with E-state index in [0.29, 0.717) is 21.9 Å². The largest absolute Gasteiger partial charge is 0.348 e. The number of benzene rings is 2. The van der Waals surface area contributed by atoms with E-state index in [0.717, 1.165) is 48.6 Å². The van der Waals surface area contributed by atoms with Gasteiger partial charge in [-0.15, -0.1) is 0 Å². The standard InChI is InChI=1S/C24H24Cl2N6/c1-15(17-6-3-2-4-7-17)29-24-28-13-20-22(31-24)32(14-16-10-11-27-12-16)23(30-20)21-18(25)8-5-9-19(21)26/h2-9,13,15-16,27H,10-12,14H2,1H3,(H,28,29,31)/t15-,16?/m1/s1. The van der Waals surface area contributed by atoms with Crippen LogP contribution in [0.25, 0.3) is 22.6 Å². The topological polar surface area (TPSA) is 67.7 Å². The van der Waals surface area contributed by atoms with Gasteiger partial charge in [0.2, 0.25) is 5.95 Å². The number of imidazole rings is 1. The Morgan fingerprint density at radius 3 is 2.59 bits per heavy atom. The predicted octanol–water partition coefficient (Wildman–Crippen LogP) is 5.58. The van der Waals surface area contributed by atoms with Crippen LogP contribution in [0.4, 0.5) is 5.95 Å². The third kappa shape index (κ3) is 4.18. The maximum absolute atomic E-state index is 6.55. The molecule has 5 rings (SSSR count). The average Bonchev–Trinajstić information content (AvgIpc) is 3.43. The van der Waals surface area contributed by atoms with Crippen molar-refractivity contribution >= 4 is 40.3 Å². The minimum absolute atomic E-state index is 0.0709. The maximum atomic E-state index is 6.55. The van der Waals surface area contributed by atoms with Crippen molar-refractivity contribution in [2.24, 2.45) is 5.92 Å². The Morgan fingerprint density at radius 1 is 1.09 bits per heavy atom. The Morgan fingerprint density at radius 2 is 1.88 bits per heavy atom. The molecule has 0 aliphatic carbocycles. The summed E-state index contributed by atoms with van der Waals surface area (Å²) in [7, 11) is 0. The molecule has 32 heavy (non-hydrogen) atoms. The molecule has 2 aromatic heterocycles. The highest BCUT2D eigenvalue weighted by Crippen LogP contribution is 2.36. The normalized spacial score (nSPS) is 17.0. The van der Waals surface area contributed by atoms with Gasteiger partial charge in [0, 0.05) is 6.54 Å². The Hall–Kier alpha value is -2.67. The van der Waals surface area contributed by atoms with Gasteiger partial charge in [-0.2, -0.15) is 4.98 Å². The van der Waals surface area contributed by atoms with Gasteiger partial charge in [-0.1, -0.05) is 59.6 Å². The van der Waals surface area contributed by atoms with E-state index in [2.05, 4.69) is 39.2 Å². The van der Waals surface area contributed by atoms with Crippen LogP contribution in [0.3, 0.4) is 0 Å². The van der Waals surface area contributed by atoms with Gasteiger partial charge < -0.3 is 15.2 Å². The Labute approximate surface area is 197 Å². The molecule has 0 amide bonds. The highest BCUT2D eigenvalue weighted by atomic mass is 35.5. The lowest BCUT2D eigenvalue weighted by atomic mass is 10.1. The predicted molar refractivity (Wildman–Crippen MR) is 130 cm³/mol. The van der Waals surface area contributed by atoms with E-state index in [1.165, 1.54) is 5.56 Å². The maximum Gasteiger partial charge on any atom is 0.225 e. The van der Waals surface area contributed by atoms with Crippen LogP contribution in [0.15, 0.2) is 54.7 Å². The highest BCUT2D eigenvalue weighted by Gasteiger charge is 2.23. The first-order valence-corrected chi connectivity index (χ1v) is 11.6. The molecule has 1 saturated heterocycles. The zero-order valence-electron chi connectivity index (χ0n) is 17.7. The molecule has 0 bridgehead atoms. The first-order chi connectivity index (χ1) is 15.6. The van der Waals surface area contributed by atoms with E-state index in [9.17, 15) is 0 Å². The molecule has 2 aromatic carbocycles. The number of nitrogens with one attached hydrogen (secondary N) is 2.